The van der Waals surface area contributed by atoms with Crippen molar-refractivity contribution in [2.45, 2.75) is 64.5 Å². The lowest BCUT2D eigenvalue weighted by molar-refractivity contribution is -0.137. The summed E-state index contributed by atoms with van der Waals surface area (Å²) in [6.45, 7) is 9.38. The van der Waals surface area contributed by atoms with Crippen molar-refractivity contribution < 1.29 is 4.79 Å². The standard InChI is InChI=1S/C16H31N3O/c1-3-19(15-8-10-17-11-9-15)14(2)16(20)18-12-6-4-5-7-13-18/h14-15,17H,3-13H2,1-2H3. The molecule has 2 rings (SSSR count). The van der Waals surface area contributed by atoms with Crippen LogP contribution >= 0.6 is 0 Å². The van der Waals surface area contributed by atoms with Crippen LogP contribution in [0.4, 0.5) is 0 Å². The third-order valence-electron chi connectivity index (χ3n) is 4.92. The Balaban J connectivity index is 1.95. The fraction of sp³-hybridized carbons (Fsp3) is 0.938. The fourth-order valence-electron chi connectivity index (χ4n) is 3.68. The van der Waals surface area contributed by atoms with Gasteiger partial charge in [-0.1, -0.05) is 19.8 Å². The molecule has 2 aliphatic rings. The molecule has 4 heteroatoms. The highest BCUT2D eigenvalue weighted by atomic mass is 16.2. The monoisotopic (exact) mass is 281 g/mol. The number of carbonyl (C=O) groups is 1. The minimum atomic E-state index is 0.0428. The van der Waals surface area contributed by atoms with Gasteiger partial charge < -0.3 is 10.2 Å². The maximum atomic E-state index is 12.8. The van der Waals surface area contributed by atoms with Gasteiger partial charge in [-0.25, -0.2) is 0 Å². The molecule has 0 aromatic carbocycles. The summed E-state index contributed by atoms with van der Waals surface area (Å²) in [5, 5.41) is 3.41. The van der Waals surface area contributed by atoms with E-state index >= 15 is 0 Å². The van der Waals surface area contributed by atoms with Crippen molar-refractivity contribution in [3.63, 3.8) is 0 Å². The van der Waals surface area contributed by atoms with Crippen LogP contribution in [0.15, 0.2) is 0 Å². The predicted octanol–water partition coefficient (Wildman–Crippen LogP) is 1.85. The summed E-state index contributed by atoms with van der Waals surface area (Å²) in [6.07, 6.45) is 7.26. The molecule has 2 aliphatic heterocycles. The first-order valence-corrected chi connectivity index (χ1v) is 8.49. The van der Waals surface area contributed by atoms with Crippen molar-refractivity contribution in [3.05, 3.63) is 0 Å². The van der Waals surface area contributed by atoms with E-state index in [-0.39, 0.29) is 6.04 Å². The molecule has 1 N–H and O–H groups in total. The zero-order valence-corrected chi connectivity index (χ0v) is 13.2. The van der Waals surface area contributed by atoms with E-state index in [1.165, 1.54) is 38.5 Å². The van der Waals surface area contributed by atoms with Gasteiger partial charge in [0, 0.05) is 19.1 Å². The lowest BCUT2D eigenvalue weighted by atomic mass is 10.0. The molecule has 0 radical (unpaired) electrons. The van der Waals surface area contributed by atoms with Gasteiger partial charge in [0.25, 0.3) is 0 Å². The van der Waals surface area contributed by atoms with Gasteiger partial charge in [0.2, 0.25) is 5.91 Å². The maximum absolute atomic E-state index is 12.8. The third-order valence-corrected chi connectivity index (χ3v) is 4.92. The number of hydrogen-bond donors (Lipinski definition) is 1. The van der Waals surface area contributed by atoms with Crippen LogP contribution in [0.2, 0.25) is 0 Å². The molecule has 20 heavy (non-hydrogen) atoms. The Hall–Kier alpha value is -0.610. The van der Waals surface area contributed by atoms with E-state index in [9.17, 15) is 4.79 Å². The number of piperidine rings is 1. The maximum Gasteiger partial charge on any atom is 0.239 e. The van der Waals surface area contributed by atoms with E-state index in [4.69, 9.17) is 0 Å². The van der Waals surface area contributed by atoms with Crippen LogP contribution in [0.25, 0.3) is 0 Å². The SMILES string of the molecule is CCN(C1CCNCC1)C(C)C(=O)N1CCCCCC1. The summed E-state index contributed by atoms with van der Waals surface area (Å²) in [6, 6.07) is 0.619. The zero-order valence-electron chi connectivity index (χ0n) is 13.2. The van der Waals surface area contributed by atoms with Crippen LogP contribution in [-0.4, -0.2) is 60.5 Å². The third kappa shape index (κ3) is 3.95. The molecule has 0 aromatic rings. The highest BCUT2D eigenvalue weighted by Crippen LogP contribution is 2.18. The fourth-order valence-corrected chi connectivity index (χ4v) is 3.68. The second-order valence-corrected chi connectivity index (χ2v) is 6.23. The molecule has 2 fully saturated rings. The molecule has 4 nitrogen and oxygen atoms in total. The van der Waals surface area contributed by atoms with Gasteiger partial charge in [-0.3, -0.25) is 9.69 Å². The Morgan fingerprint density at radius 2 is 1.80 bits per heavy atom. The quantitative estimate of drug-likeness (QED) is 0.854. The molecule has 2 saturated heterocycles. The van der Waals surface area contributed by atoms with Crippen LogP contribution in [0, 0.1) is 0 Å². The summed E-state index contributed by atoms with van der Waals surface area (Å²) in [5.41, 5.74) is 0. The first-order chi connectivity index (χ1) is 9.74. The molecule has 1 amide bonds. The summed E-state index contributed by atoms with van der Waals surface area (Å²) in [4.78, 5) is 17.3. The van der Waals surface area contributed by atoms with Crippen molar-refractivity contribution >= 4 is 5.91 Å². The first-order valence-electron chi connectivity index (χ1n) is 8.49. The van der Waals surface area contributed by atoms with Gasteiger partial charge in [-0.05, 0) is 52.2 Å². The molecule has 1 unspecified atom stereocenters. The number of rotatable bonds is 4. The van der Waals surface area contributed by atoms with Gasteiger partial charge in [0.1, 0.15) is 0 Å². The van der Waals surface area contributed by atoms with Crippen LogP contribution in [0.3, 0.4) is 0 Å². The van der Waals surface area contributed by atoms with E-state index < -0.39 is 0 Å². The van der Waals surface area contributed by atoms with Crippen molar-refractivity contribution in [2.75, 3.05) is 32.7 Å². The number of likely N-dealkylation sites (N-methyl/N-ethyl adjacent to an activating group) is 1. The molecule has 2 heterocycles. The Kier molecular flexibility index (Phi) is 6.30. The Morgan fingerprint density at radius 3 is 2.35 bits per heavy atom. The van der Waals surface area contributed by atoms with Crippen molar-refractivity contribution in [3.8, 4) is 0 Å². The molecule has 116 valence electrons. The van der Waals surface area contributed by atoms with Crippen molar-refractivity contribution in [1.29, 1.82) is 0 Å². The van der Waals surface area contributed by atoms with Crippen LogP contribution < -0.4 is 5.32 Å². The van der Waals surface area contributed by atoms with E-state index in [1.54, 1.807) is 0 Å². The zero-order chi connectivity index (χ0) is 14.4. The first kappa shape index (κ1) is 15.8. The van der Waals surface area contributed by atoms with E-state index in [0.29, 0.717) is 11.9 Å². The van der Waals surface area contributed by atoms with Gasteiger partial charge in [-0.15, -0.1) is 0 Å². The number of nitrogens with one attached hydrogen (secondary N) is 1. The van der Waals surface area contributed by atoms with Crippen molar-refractivity contribution in [1.82, 2.24) is 15.1 Å². The highest BCUT2D eigenvalue weighted by molar-refractivity contribution is 5.81. The molecule has 0 spiro atoms. The number of carbonyl (C=O) groups excluding carboxylic acids is 1. The van der Waals surface area contributed by atoms with Gasteiger partial charge in [0.05, 0.1) is 6.04 Å². The Morgan fingerprint density at radius 1 is 1.20 bits per heavy atom. The Labute approximate surface area is 123 Å². The normalized spacial score (nSPS) is 23.6. The van der Waals surface area contributed by atoms with E-state index in [1.807, 2.05) is 0 Å². The lowest BCUT2D eigenvalue weighted by Crippen LogP contribution is -2.53. The average molecular weight is 281 g/mol. The minimum Gasteiger partial charge on any atom is -0.341 e. The topological polar surface area (TPSA) is 35.6 Å². The summed E-state index contributed by atoms with van der Waals surface area (Å²) in [5.74, 6) is 0.354. The smallest absolute Gasteiger partial charge is 0.239 e. The van der Waals surface area contributed by atoms with Gasteiger partial charge in [0.15, 0.2) is 0 Å². The van der Waals surface area contributed by atoms with Crippen molar-refractivity contribution in [2.24, 2.45) is 0 Å². The van der Waals surface area contributed by atoms with Gasteiger partial charge in [-0.2, -0.15) is 0 Å². The van der Waals surface area contributed by atoms with E-state index in [2.05, 4.69) is 29.0 Å². The number of amides is 1. The molecule has 0 aliphatic carbocycles. The molecule has 0 saturated carbocycles. The Bertz CT molecular complexity index is 294. The second-order valence-electron chi connectivity index (χ2n) is 6.23. The largest absolute Gasteiger partial charge is 0.341 e. The highest BCUT2D eigenvalue weighted by Gasteiger charge is 2.30. The molecule has 0 aromatic heterocycles. The van der Waals surface area contributed by atoms with Crippen LogP contribution in [0.5, 0.6) is 0 Å². The van der Waals surface area contributed by atoms with Crippen LogP contribution in [0.1, 0.15) is 52.4 Å². The number of likely N-dealkylation sites (tertiary alicyclic amines) is 1. The number of hydrogen-bond acceptors (Lipinski definition) is 3. The molecular formula is C16H31N3O. The lowest BCUT2D eigenvalue weighted by Gasteiger charge is -2.39. The summed E-state index contributed by atoms with van der Waals surface area (Å²) in [7, 11) is 0. The molecular weight excluding hydrogens is 250 g/mol. The summed E-state index contributed by atoms with van der Waals surface area (Å²) < 4.78 is 0. The average Bonchev–Trinajstić information content (AvgIpc) is 2.77. The number of nitrogens with zero attached hydrogens (tertiary/aromatic N) is 2. The van der Waals surface area contributed by atoms with Gasteiger partial charge >= 0.3 is 0 Å². The molecule has 0 bridgehead atoms. The van der Waals surface area contributed by atoms with E-state index in [0.717, 1.165) is 32.7 Å². The summed E-state index contributed by atoms with van der Waals surface area (Å²) >= 11 is 0. The second kappa shape index (κ2) is 7.99. The minimum absolute atomic E-state index is 0.0428. The predicted molar refractivity (Wildman–Crippen MR) is 82.8 cm³/mol. The molecule has 1 atom stereocenters. The van der Waals surface area contributed by atoms with Crippen LogP contribution in [-0.2, 0) is 4.79 Å².